The highest BCUT2D eigenvalue weighted by atomic mass is 32.2. The number of benzene rings is 2. The molecule has 0 radical (unpaired) electrons. The third kappa shape index (κ3) is 5.21. The lowest BCUT2D eigenvalue weighted by Crippen LogP contribution is -2.17. The van der Waals surface area contributed by atoms with Crippen LogP contribution in [0, 0.1) is 6.92 Å². The van der Waals surface area contributed by atoms with E-state index in [9.17, 15) is 14.7 Å². The van der Waals surface area contributed by atoms with Crippen molar-refractivity contribution in [2.45, 2.75) is 18.5 Å². The fourth-order valence-corrected chi connectivity index (χ4v) is 3.12. The van der Waals surface area contributed by atoms with Crippen LogP contribution in [0.2, 0.25) is 0 Å². The van der Waals surface area contributed by atoms with E-state index in [0.29, 0.717) is 5.69 Å². The fraction of sp³-hybridized carbons (Fsp3) is 0.150. The van der Waals surface area contributed by atoms with Gasteiger partial charge in [0, 0.05) is 12.1 Å². The van der Waals surface area contributed by atoms with Gasteiger partial charge in [0.25, 0.3) is 5.56 Å². The molecule has 0 aliphatic heterocycles. The van der Waals surface area contributed by atoms with Crippen molar-refractivity contribution in [1.82, 2.24) is 9.97 Å². The summed E-state index contributed by atoms with van der Waals surface area (Å²) in [6.07, 6.45) is 0.286. The molecule has 27 heavy (non-hydrogen) atoms. The highest BCUT2D eigenvalue weighted by molar-refractivity contribution is 7.99. The van der Waals surface area contributed by atoms with Crippen LogP contribution >= 0.6 is 11.8 Å². The zero-order valence-electron chi connectivity index (χ0n) is 14.7. The summed E-state index contributed by atoms with van der Waals surface area (Å²) in [5.74, 6) is -0.475. The van der Waals surface area contributed by atoms with Gasteiger partial charge in [-0.2, -0.15) is 4.98 Å². The zero-order chi connectivity index (χ0) is 19.2. The molecule has 0 unspecified atom stereocenters. The number of hydrogen-bond donors (Lipinski definition) is 3. The topological polar surface area (TPSA) is 95.1 Å². The third-order valence-corrected chi connectivity index (χ3v) is 4.74. The van der Waals surface area contributed by atoms with Crippen molar-refractivity contribution >= 4 is 23.4 Å². The van der Waals surface area contributed by atoms with Crippen molar-refractivity contribution in [2.75, 3.05) is 11.1 Å². The van der Waals surface area contributed by atoms with Gasteiger partial charge < -0.3 is 15.4 Å². The van der Waals surface area contributed by atoms with Gasteiger partial charge in [-0.1, -0.05) is 59.8 Å². The molecule has 0 atom stereocenters. The van der Waals surface area contributed by atoms with E-state index in [2.05, 4.69) is 15.3 Å². The largest absolute Gasteiger partial charge is 0.493 e. The molecular formula is C20H19N3O3S. The van der Waals surface area contributed by atoms with Gasteiger partial charge in [0.05, 0.1) is 11.3 Å². The molecule has 0 bridgehead atoms. The van der Waals surface area contributed by atoms with E-state index >= 15 is 0 Å². The number of nitrogens with one attached hydrogen (secondary N) is 2. The second-order valence-corrected chi connectivity index (χ2v) is 7.00. The summed E-state index contributed by atoms with van der Waals surface area (Å²) < 4.78 is 0. The van der Waals surface area contributed by atoms with E-state index in [1.807, 2.05) is 61.5 Å². The minimum Gasteiger partial charge on any atom is -0.493 e. The first kappa shape index (κ1) is 18.7. The summed E-state index contributed by atoms with van der Waals surface area (Å²) in [5, 5.41) is 13.1. The average molecular weight is 381 g/mol. The molecule has 6 nitrogen and oxygen atoms in total. The van der Waals surface area contributed by atoms with Crippen molar-refractivity contribution in [3.8, 4) is 5.88 Å². The number of aromatic nitrogens is 2. The summed E-state index contributed by atoms with van der Waals surface area (Å²) in [6, 6.07) is 16.8. The first-order valence-corrected chi connectivity index (χ1v) is 9.35. The smallest absolute Gasteiger partial charge is 0.258 e. The van der Waals surface area contributed by atoms with Gasteiger partial charge in [0.2, 0.25) is 11.8 Å². The number of thioether (sulfide) groups is 1. The molecule has 3 rings (SSSR count). The molecule has 3 N–H and O–H groups in total. The van der Waals surface area contributed by atoms with Crippen molar-refractivity contribution in [3.63, 3.8) is 0 Å². The van der Waals surface area contributed by atoms with Gasteiger partial charge in [-0.3, -0.25) is 9.59 Å². The molecule has 0 saturated heterocycles. The maximum absolute atomic E-state index is 12.3. The molecule has 0 aliphatic carbocycles. The number of aromatic hydroxyl groups is 1. The molecule has 7 heteroatoms. The summed E-state index contributed by atoms with van der Waals surface area (Å²) in [7, 11) is 0. The van der Waals surface area contributed by atoms with Crippen LogP contribution < -0.4 is 10.9 Å². The van der Waals surface area contributed by atoms with Gasteiger partial charge in [-0.15, -0.1) is 0 Å². The Morgan fingerprint density at radius 2 is 1.85 bits per heavy atom. The van der Waals surface area contributed by atoms with E-state index in [0.717, 1.165) is 22.9 Å². The Bertz CT molecular complexity index is 986. The molecule has 138 valence electrons. The van der Waals surface area contributed by atoms with Crippen LogP contribution in [0.1, 0.15) is 16.7 Å². The Labute approximate surface area is 160 Å². The van der Waals surface area contributed by atoms with Crippen molar-refractivity contribution in [2.24, 2.45) is 0 Å². The number of carbonyl (C=O) groups is 1. The molecule has 1 aromatic heterocycles. The monoisotopic (exact) mass is 381 g/mol. The fourth-order valence-electron chi connectivity index (χ4n) is 2.46. The first-order valence-electron chi connectivity index (χ1n) is 8.36. The first-order chi connectivity index (χ1) is 13.0. The molecule has 0 fully saturated rings. The Kier molecular flexibility index (Phi) is 5.93. The minimum absolute atomic E-state index is 0.0638. The van der Waals surface area contributed by atoms with E-state index < -0.39 is 5.56 Å². The highest BCUT2D eigenvalue weighted by Crippen LogP contribution is 2.19. The number of rotatable bonds is 6. The molecule has 0 aliphatic rings. The summed E-state index contributed by atoms with van der Waals surface area (Å²) in [4.78, 5) is 30.9. The molecular weight excluding hydrogens is 362 g/mol. The molecule has 0 saturated carbocycles. The second kappa shape index (κ2) is 8.55. The number of H-pyrrole nitrogens is 1. The second-order valence-electron chi connectivity index (χ2n) is 6.04. The van der Waals surface area contributed by atoms with Crippen molar-refractivity contribution < 1.29 is 9.90 Å². The maximum Gasteiger partial charge on any atom is 0.258 e. The van der Waals surface area contributed by atoms with Crippen LogP contribution in [-0.4, -0.2) is 26.7 Å². The number of aromatic amines is 1. The van der Waals surface area contributed by atoms with E-state index in [1.165, 1.54) is 0 Å². The lowest BCUT2D eigenvalue weighted by molar-refractivity contribution is -0.113. The number of hydrogen-bond acceptors (Lipinski definition) is 5. The van der Waals surface area contributed by atoms with Crippen LogP contribution in [-0.2, 0) is 11.2 Å². The lowest BCUT2D eigenvalue weighted by Gasteiger charge is -2.07. The van der Waals surface area contributed by atoms with Crippen molar-refractivity contribution in [3.05, 3.63) is 81.6 Å². The number of nitrogens with zero attached hydrogens (tertiary/aromatic N) is 1. The average Bonchev–Trinajstić information content (AvgIpc) is 2.66. The Hall–Kier alpha value is -3.06. The third-order valence-electron chi connectivity index (χ3n) is 3.87. The Morgan fingerprint density at radius 1 is 1.15 bits per heavy atom. The number of carbonyl (C=O) groups excluding carboxylic acids is 1. The van der Waals surface area contributed by atoms with Crippen LogP contribution in [0.25, 0.3) is 0 Å². The lowest BCUT2D eigenvalue weighted by atomic mass is 10.1. The van der Waals surface area contributed by atoms with Gasteiger partial charge in [-0.05, 0) is 24.6 Å². The van der Waals surface area contributed by atoms with E-state index in [1.54, 1.807) is 0 Å². The molecule has 2 aromatic carbocycles. The van der Waals surface area contributed by atoms with Gasteiger partial charge >= 0.3 is 0 Å². The normalized spacial score (nSPS) is 10.6. The van der Waals surface area contributed by atoms with Gasteiger partial charge in [0.1, 0.15) is 0 Å². The molecule has 1 amide bonds. The van der Waals surface area contributed by atoms with Crippen LogP contribution in [0.4, 0.5) is 5.69 Å². The van der Waals surface area contributed by atoms with Gasteiger partial charge in [0.15, 0.2) is 5.16 Å². The quantitative estimate of drug-likeness (QED) is 0.450. The Morgan fingerprint density at radius 3 is 2.52 bits per heavy atom. The SMILES string of the molecule is Cc1ccc(NC(=O)CSc2nc(O)c(Cc3ccccc3)c(=O)[nH]2)cc1. The molecule has 1 heterocycles. The number of amides is 1. The van der Waals surface area contributed by atoms with E-state index in [4.69, 9.17) is 0 Å². The predicted molar refractivity (Wildman–Crippen MR) is 106 cm³/mol. The summed E-state index contributed by atoms with van der Waals surface area (Å²) in [6.45, 7) is 1.97. The van der Waals surface area contributed by atoms with Gasteiger partial charge in [-0.25, -0.2) is 0 Å². The summed E-state index contributed by atoms with van der Waals surface area (Å²) >= 11 is 1.06. The highest BCUT2D eigenvalue weighted by Gasteiger charge is 2.13. The number of aryl methyl sites for hydroxylation is 1. The van der Waals surface area contributed by atoms with Crippen molar-refractivity contribution in [1.29, 1.82) is 0 Å². The van der Waals surface area contributed by atoms with Crippen LogP contribution in [0.5, 0.6) is 5.88 Å². The standard InChI is InChI=1S/C20H19N3O3S/c1-13-7-9-15(10-8-13)21-17(24)12-27-20-22-18(25)16(19(26)23-20)11-14-5-3-2-4-6-14/h2-10H,11-12H2,1H3,(H,21,24)(H2,22,23,25,26). The number of anilines is 1. The zero-order valence-corrected chi connectivity index (χ0v) is 15.5. The predicted octanol–water partition coefficient (Wildman–Crippen LogP) is 3.11. The van der Waals surface area contributed by atoms with Crippen LogP contribution in [0.15, 0.2) is 64.5 Å². The minimum atomic E-state index is -0.409. The summed E-state index contributed by atoms with van der Waals surface area (Å²) in [5.41, 5.74) is 2.50. The molecule has 3 aromatic rings. The van der Waals surface area contributed by atoms with Crippen LogP contribution in [0.3, 0.4) is 0 Å². The van der Waals surface area contributed by atoms with E-state index in [-0.39, 0.29) is 34.7 Å². The Balaban J connectivity index is 1.63. The maximum atomic E-state index is 12.3. The molecule has 0 spiro atoms.